The number of carbonyl (C=O) groups excluding carboxylic acids is 3. The van der Waals surface area contributed by atoms with Crippen LogP contribution in [-0.4, -0.2) is 70.2 Å². The summed E-state index contributed by atoms with van der Waals surface area (Å²) in [7, 11) is 0. The lowest BCUT2D eigenvalue weighted by Crippen LogP contribution is -2.58. The zero-order valence-corrected chi connectivity index (χ0v) is 19.6. The Kier molecular flexibility index (Phi) is 6.73. The Morgan fingerprint density at radius 1 is 1.19 bits per heavy atom. The molecule has 3 aliphatic heterocycles. The molecule has 3 rings (SSSR count). The average Bonchev–Trinajstić information content (AvgIpc) is 3.29. The van der Waals surface area contributed by atoms with Gasteiger partial charge in [-0.15, -0.1) is 0 Å². The predicted molar refractivity (Wildman–Crippen MR) is 116 cm³/mol. The molecular formula is C23H39N3O5. The van der Waals surface area contributed by atoms with Gasteiger partial charge >= 0.3 is 0 Å². The number of likely N-dealkylation sites (tertiary alicyclic amines) is 1. The van der Waals surface area contributed by atoms with Crippen molar-refractivity contribution in [2.45, 2.75) is 95.9 Å². The SMILES string of the molecule is CCCNC(=O)[C@H]1[C@H]2C(=O)N(CCCCO)C(C(=O)NC(C)(C)C)C23CC[C@]1(CC)O3. The fourth-order valence-corrected chi connectivity index (χ4v) is 5.85. The van der Waals surface area contributed by atoms with Crippen LogP contribution in [0.5, 0.6) is 0 Å². The van der Waals surface area contributed by atoms with Crippen LogP contribution in [0, 0.1) is 11.8 Å². The molecule has 8 nitrogen and oxygen atoms in total. The number of hydrogen-bond acceptors (Lipinski definition) is 5. The maximum Gasteiger partial charge on any atom is 0.246 e. The van der Waals surface area contributed by atoms with Crippen LogP contribution < -0.4 is 10.6 Å². The van der Waals surface area contributed by atoms with Gasteiger partial charge in [-0.05, 0) is 59.3 Å². The predicted octanol–water partition coefficient (Wildman–Crippen LogP) is 1.35. The van der Waals surface area contributed by atoms with Crippen LogP contribution in [0.3, 0.4) is 0 Å². The van der Waals surface area contributed by atoms with Crippen molar-refractivity contribution in [3.05, 3.63) is 0 Å². The van der Waals surface area contributed by atoms with Crippen molar-refractivity contribution in [1.82, 2.24) is 15.5 Å². The summed E-state index contributed by atoms with van der Waals surface area (Å²) in [6.45, 7) is 10.7. The van der Waals surface area contributed by atoms with Gasteiger partial charge in [0.25, 0.3) is 0 Å². The van der Waals surface area contributed by atoms with Crippen LogP contribution >= 0.6 is 0 Å². The fraction of sp³-hybridized carbons (Fsp3) is 0.870. The first kappa shape index (κ1) is 24.0. The normalized spacial score (nSPS) is 34.2. The van der Waals surface area contributed by atoms with Gasteiger partial charge < -0.3 is 25.4 Å². The molecule has 0 radical (unpaired) electrons. The second-order valence-corrected chi connectivity index (χ2v) is 10.3. The van der Waals surface area contributed by atoms with Gasteiger partial charge in [-0.25, -0.2) is 0 Å². The van der Waals surface area contributed by atoms with Crippen molar-refractivity contribution in [3.63, 3.8) is 0 Å². The standard InChI is InChI=1S/C23H39N3O5/c1-6-12-24-18(28)15-16-20(30)26(13-8-9-14-27)17(19(29)25-21(3,4)5)23(16)11-10-22(15,7-2)31-23/h15-17,27H,6-14H2,1-5H3,(H,24,28)(H,25,29)/t15-,16+,17?,22+,23?/m1/s1. The summed E-state index contributed by atoms with van der Waals surface area (Å²) in [5, 5.41) is 15.2. The minimum absolute atomic E-state index is 0.0347. The number of aliphatic hydroxyl groups is 1. The molecule has 3 amide bonds. The number of amides is 3. The lowest BCUT2D eigenvalue weighted by molar-refractivity contribution is -0.148. The highest BCUT2D eigenvalue weighted by atomic mass is 16.5. The molecule has 0 saturated carbocycles. The maximum absolute atomic E-state index is 13.7. The van der Waals surface area contributed by atoms with Crippen molar-refractivity contribution in [1.29, 1.82) is 0 Å². The van der Waals surface area contributed by atoms with Gasteiger partial charge in [-0.3, -0.25) is 14.4 Å². The lowest BCUT2D eigenvalue weighted by Gasteiger charge is -2.35. The Morgan fingerprint density at radius 2 is 1.90 bits per heavy atom. The van der Waals surface area contributed by atoms with Crippen LogP contribution in [0.15, 0.2) is 0 Å². The minimum atomic E-state index is -0.976. The molecule has 8 heteroatoms. The first-order chi connectivity index (χ1) is 14.6. The minimum Gasteiger partial charge on any atom is -0.396 e. The number of nitrogens with zero attached hydrogens (tertiary/aromatic N) is 1. The van der Waals surface area contributed by atoms with Gasteiger partial charge in [-0.2, -0.15) is 0 Å². The summed E-state index contributed by atoms with van der Waals surface area (Å²) in [5.41, 5.74) is -2.13. The van der Waals surface area contributed by atoms with E-state index in [0.29, 0.717) is 45.2 Å². The topological polar surface area (TPSA) is 108 Å². The molecular weight excluding hydrogens is 398 g/mol. The number of nitrogens with one attached hydrogen (secondary N) is 2. The zero-order chi connectivity index (χ0) is 23.0. The third-order valence-electron chi connectivity index (χ3n) is 7.07. The Morgan fingerprint density at radius 3 is 2.48 bits per heavy atom. The number of aliphatic hydroxyl groups excluding tert-OH is 1. The highest BCUT2D eigenvalue weighted by Crippen LogP contribution is 2.64. The van der Waals surface area contributed by atoms with Crippen molar-refractivity contribution in [2.24, 2.45) is 11.8 Å². The van der Waals surface area contributed by atoms with Crippen LogP contribution in [0.2, 0.25) is 0 Å². The molecule has 3 heterocycles. The highest BCUT2D eigenvalue weighted by molar-refractivity contribution is 5.99. The van der Waals surface area contributed by atoms with Gasteiger partial charge in [0, 0.05) is 25.2 Å². The molecule has 0 aliphatic carbocycles. The van der Waals surface area contributed by atoms with E-state index in [1.165, 1.54) is 0 Å². The number of rotatable bonds is 9. The molecule has 0 aromatic rings. The van der Waals surface area contributed by atoms with E-state index in [4.69, 9.17) is 4.74 Å². The van der Waals surface area contributed by atoms with E-state index in [1.807, 2.05) is 34.6 Å². The maximum atomic E-state index is 13.7. The third kappa shape index (κ3) is 3.97. The van der Waals surface area contributed by atoms with Crippen molar-refractivity contribution in [2.75, 3.05) is 19.7 Å². The van der Waals surface area contributed by atoms with E-state index < -0.39 is 34.6 Å². The molecule has 1 spiro atoms. The van der Waals surface area contributed by atoms with Crippen LogP contribution in [0.4, 0.5) is 0 Å². The largest absolute Gasteiger partial charge is 0.396 e. The zero-order valence-electron chi connectivity index (χ0n) is 19.6. The molecule has 3 aliphatic rings. The first-order valence-corrected chi connectivity index (χ1v) is 11.8. The Labute approximate surface area is 185 Å². The fourth-order valence-electron chi connectivity index (χ4n) is 5.85. The van der Waals surface area contributed by atoms with E-state index in [-0.39, 0.29) is 24.3 Å². The lowest BCUT2D eigenvalue weighted by atomic mass is 9.65. The second-order valence-electron chi connectivity index (χ2n) is 10.3. The molecule has 0 aromatic heterocycles. The number of carbonyl (C=O) groups is 3. The van der Waals surface area contributed by atoms with Crippen molar-refractivity contribution in [3.8, 4) is 0 Å². The van der Waals surface area contributed by atoms with Crippen LogP contribution in [-0.2, 0) is 19.1 Å². The van der Waals surface area contributed by atoms with Gasteiger partial charge in [0.05, 0.1) is 17.4 Å². The molecule has 2 bridgehead atoms. The van der Waals surface area contributed by atoms with Gasteiger partial charge in [0.15, 0.2) is 0 Å². The molecule has 5 atom stereocenters. The van der Waals surface area contributed by atoms with Crippen molar-refractivity contribution >= 4 is 17.7 Å². The van der Waals surface area contributed by atoms with E-state index in [9.17, 15) is 19.5 Å². The van der Waals surface area contributed by atoms with E-state index in [2.05, 4.69) is 10.6 Å². The molecule has 31 heavy (non-hydrogen) atoms. The summed E-state index contributed by atoms with van der Waals surface area (Å²) in [5.74, 6) is -1.77. The second kappa shape index (κ2) is 8.70. The van der Waals surface area contributed by atoms with E-state index in [1.54, 1.807) is 4.90 Å². The molecule has 3 fully saturated rings. The molecule has 2 unspecified atom stereocenters. The Balaban J connectivity index is 2.01. The summed E-state index contributed by atoms with van der Waals surface area (Å²) in [6.07, 6.45) is 3.84. The summed E-state index contributed by atoms with van der Waals surface area (Å²) >= 11 is 0. The molecule has 176 valence electrons. The third-order valence-corrected chi connectivity index (χ3v) is 7.07. The first-order valence-electron chi connectivity index (χ1n) is 11.8. The molecule has 0 aromatic carbocycles. The summed E-state index contributed by atoms with van der Waals surface area (Å²) in [6, 6.07) is -0.764. The summed E-state index contributed by atoms with van der Waals surface area (Å²) < 4.78 is 6.66. The number of hydrogen-bond donors (Lipinski definition) is 3. The molecule has 3 saturated heterocycles. The quantitative estimate of drug-likeness (QED) is 0.472. The Bertz CT molecular complexity index is 720. The van der Waals surface area contributed by atoms with E-state index >= 15 is 0 Å². The van der Waals surface area contributed by atoms with Crippen LogP contribution in [0.25, 0.3) is 0 Å². The monoisotopic (exact) mass is 437 g/mol. The van der Waals surface area contributed by atoms with E-state index in [0.717, 1.165) is 6.42 Å². The van der Waals surface area contributed by atoms with Crippen molar-refractivity contribution < 1.29 is 24.2 Å². The highest BCUT2D eigenvalue weighted by Gasteiger charge is 2.78. The van der Waals surface area contributed by atoms with Gasteiger partial charge in [0.2, 0.25) is 17.7 Å². The number of ether oxygens (including phenoxy) is 1. The smallest absolute Gasteiger partial charge is 0.246 e. The Hall–Kier alpha value is -1.67. The molecule has 3 N–H and O–H groups in total. The number of unbranched alkanes of at least 4 members (excludes halogenated alkanes) is 1. The van der Waals surface area contributed by atoms with Gasteiger partial charge in [0.1, 0.15) is 11.6 Å². The number of fused-ring (bicyclic) bond motifs is 1. The average molecular weight is 438 g/mol. The summed E-state index contributed by atoms with van der Waals surface area (Å²) in [4.78, 5) is 42.0. The van der Waals surface area contributed by atoms with Crippen LogP contribution in [0.1, 0.15) is 73.1 Å². The van der Waals surface area contributed by atoms with Gasteiger partial charge in [-0.1, -0.05) is 13.8 Å².